The quantitative estimate of drug-likeness (QED) is 0.747. The topological polar surface area (TPSA) is 29.3 Å². The Labute approximate surface area is 99.5 Å². The average molecular weight is 220 g/mol. The van der Waals surface area contributed by atoms with Gasteiger partial charge in [-0.3, -0.25) is 0 Å². The van der Waals surface area contributed by atoms with Gasteiger partial charge in [0.05, 0.1) is 0 Å². The number of benzene rings is 1. The van der Waals surface area contributed by atoms with Crippen LogP contribution in [-0.2, 0) is 6.42 Å². The second-order valence-corrected chi connectivity index (χ2v) is 4.78. The maximum atomic E-state index is 5.76. The number of rotatable bonds is 6. The zero-order chi connectivity index (χ0) is 12.0. The molecule has 1 rings (SSSR count). The van der Waals surface area contributed by atoms with Gasteiger partial charge >= 0.3 is 0 Å². The van der Waals surface area contributed by atoms with E-state index in [-0.39, 0.29) is 0 Å². The van der Waals surface area contributed by atoms with Crippen molar-refractivity contribution < 1.29 is 0 Å². The highest BCUT2D eigenvalue weighted by atomic mass is 15.1. The van der Waals surface area contributed by atoms with Crippen LogP contribution >= 0.6 is 0 Å². The van der Waals surface area contributed by atoms with Crippen LogP contribution in [0.3, 0.4) is 0 Å². The van der Waals surface area contributed by atoms with Crippen molar-refractivity contribution in [3.05, 3.63) is 29.8 Å². The molecule has 0 atom stereocenters. The molecule has 0 aromatic heterocycles. The zero-order valence-electron chi connectivity index (χ0n) is 10.7. The van der Waals surface area contributed by atoms with Crippen LogP contribution in [0.5, 0.6) is 0 Å². The smallest absolute Gasteiger partial charge is 0.0316 e. The molecule has 0 fully saturated rings. The molecule has 0 saturated heterocycles. The second-order valence-electron chi connectivity index (χ2n) is 4.78. The van der Waals surface area contributed by atoms with Crippen molar-refractivity contribution in [3.63, 3.8) is 0 Å². The lowest BCUT2D eigenvalue weighted by Crippen LogP contribution is -2.29. The Bertz CT molecular complexity index is 307. The fourth-order valence-corrected chi connectivity index (χ4v) is 1.93. The summed E-state index contributed by atoms with van der Waals surface area (Å²) in [6.07, 6.45) is 1.09. The van der Waals surface area contributed by atoms with Crippen LogP contribution in [0.2, 0.25) is 0 Å². The number of hydrogen-bond acceptors (Lipinski definition) is 2. The summed E-state index contributed by atoms with van der Waals surface area (Å²) in [5.41, 5.74) is 7.97. The van der Waals surface area contributed by atoms with Crippen LogP contribution in [0.1, 0.15) is 26.3 Å². The van der Waals surface area contributed by atoms with E-state index in [1.54, 1.807) is 0 Å². The first-order chi connectivity index (χ1) is 7.61. The molecule has 0 unspecified atom stereocenters. The summed E-state index contributed by atoms with van der Waals surface area (Å²) >= 11 is 0. The third-order valence-corrected chi connectivity index (χ3v) is 2.74. The maximum absolute atomic E-state index is 5.76. The van der Waals surface area contributed by atoms with Crippen LogP contribution < -0.4 is 5.73 Å². The van der Waals surface area contributed by atoms with E-state index in [0.29, 0.717) is 0 Å². The van der Waals surface area contributed by atoms with Gasteiger partial charge in [0.25, 0.3) is 0 Å². The Kier molecular flexibility index (Phi) is 5.33. The highest BCUT2D eigenvalue weighted by Crippen LogP contribution is 2.08. The molecule has 1 aromatic carbocycles. The lowest BCUT2D eigenvalue weighted by Gasteiger charge is -2.22. The molecule has 1 aromatic rings. The normalized spacial score (nSPS) is 11.3. The van der Waals surface area contributed by atoms with E-state index in [0.717, 1.165) is 31.1 Å². The molecule has 16 heavy (non-hydrogen) atoms. The summed E-state index contributed by atoms with van der Waals surface area (Å²) in [7, 11) is 0. The molecule has 0 saturated carbocycles. The standard InChI is InChI=1S/C14H24N2/c1-4-16(11-12(2)3)9-8-13-6-5-7-14(15)10-13/h5-7,10,12H,4,8-9,11,15H2,1-3H3. The number of hydrogen-bond donors (Lipinski definition) is 1. The van der Waals surface area contributed by atoms with E-state index in [1.807, 2.05) is 12.1 Å². The third-order valence-electron chi connectivity index (χ3n) is 2.74. The van der Waals surface area contributed by atoms with Crippen molar-refractivity contribution in [3.8, 4) is 0 Å². The highest BCUT2D eigenvalue weighted by Gasteiger charge is 2.05. The van der Waals surface area contributed by atoms with Crippen LogP contribution in [0.4, 0.5) is 5.69 Å². The molecule has 90 valence electrons. The van der Waals surface area contributed by atoms with Crippen molar-refractivity contribution in [2.75, 3.05) is 25.4 Å². The second kappa shape index (κ2) is 6.54. The molecule has 0 heterocycles. The van der Waals surface area contributed by atoms with Gasteiger partial charge in [-0.2, -0.15) is 0 Å². The van der Waals surface area contributed by atoms with Gasteiger partial charge in [0.2, 0.25) is 0 Å². The molecular weight excluding hydrogens is 196 g/mol. The fraction of sp³-hybridized carbons (Fsp3) is 0.571. The molecule has 2 nitrogen and oxygen atoms in total. The predicted molar refractivity (Wildman–Crippen MR) is 71.5 cm³/mol. The van der Waals surface area contributed by atoms with Gasteiger partial charge in [0, 0.05) is 18.8 Å². The van der Waals surface area contributed by atoms with Crippen molar-refractivity contribution in [2.24, 2.45) is 5.92 Å². The molecule has 0 aliphatic carbocycles. The lowest BCUT2D eigenvalue weighted by molar-refractivity contribution is 0.259. The first-order valence-electron chi connectivity index (χ1n) is 6.18. The summed E-state index contributed by atoms with van der Waals surface area (Å²) in [5.74, 6) is 0.737. The zero-order valence-corrected chi connectivity index (χ0v) is 10.7. The number of anilines is 1. The maximum Gasteiger partial charge on any atom is 0.0316 e. The molecule has 0 amide bonds. The van der Waals surface area contributed by atoms with Crippen LogP contribution in [0.15, 0.2) is 24.3 Å². The van der Waals surface area contributed by atoms with Gasteiger partial charge in [-0.1, -0.05) is 32.9 Å². The summed E-state index contributed by atoms with van der Waals surface area (Å²) in [4.78, 5) is 2.49. The fourth-order valence-electron chi connectivity index (χ4n) is 1.93. The van der Waals surface area contributed by atoms with Gasteiger partial charge in [0.15, 0.2) is 0 Å². The van der Waals surface area contributed by atoms with E-state index >= 15 is 0 Å². The summed E-state index contributed by atoms with van der Waals surface area (Å²) in [6.45, 7) is 10.2. The van der Waals surface area contributed by atoms with Crippen molar-refractivity contribution in [2.45, 2.75) is 27.2 Å². The highest BCUT2D eigenvalue weighted by molar-refractivity contribution is 5.40. The Morgan fingerprint density at radius 3 is 2.62 bits per heavy atom. The molecule has 0 bridgehead atoms. The van der Waals surface area contributed by atoms with Crippen LogP contribution in [-0.4, -0.2) is 24.5 Å². The van der Waals surface area contributed by atoms with Gasteiger partial charge in [-0.25, -0.2) is 0 Å². The predicted octanol–water partition coefficient (Wildman–Crippen LogP) is 2.79. The largest absolute Gasteiger partial charge is 0.399 e. The van der Waals surface area contributed by atoms with Crippen molar-refractivity contribution >= 4 is 5.69 Å². The minimum atomic E-state index is 0.737. The Hall–Kier alpha value is -1.02. The van der Waals surface area contributed by atoms with Gasteiger partial charge in [-0.05, 0) is 36.6 Å². The monoisotopic (exact) mass is 220 g/mol. The Balaban J connectivity index is 2.43. The Morgan fingerprint density at radius 2 is 2.06 bits per heavy atom. The summed E-state index contributed by atoms with van der Waals surface area (Å²) in [6, 6.07) is 8.20. The molecular formula is C14H24N2. The summed E-state index contributed by atoms with van der Waals surface area (Å²) < 4.78 is 0. The number of nitrogens with two attached hydrogens (primary N) is 1. The molecule has 2 heteroatoms. The van der Waals surface area contributed by atoms with E-state index in [2.05, 4.69) is 37.8 Å². The van der Waals surface area contributed by atoms with Gasteiger partial charge in [-0.15, -0.1) is 0 Å². The molecule has 0 spiro atoms. The third kappa shape index (κ3) is 4.67. The average Bonchev–Trinajstić information content (AvgIpc) is 2.24. The first-order valence-corrected chi connectivity index (χ1v) is 6.18. The molecule has 0 aliphatic rings. The van der Waals surface area contributed by atoms with Crippen molar-refractivity contribution in [1.29, 1.82) is 0 Å². The lowest BCUT2D eigenvalue weighted by atomic mass is 10.1. The van der Waals surface area contributed by atoms with E-state index in [1.165, 1.54) is 12.1 Å². The Morgan fingerprint density at radius 1 is 1.31 bits per heavy atom. The van der Waals surface area contributed by atoms with Crippen LogP contribution in [0.25, 0.3) is 0 Å². The molecule has 0 radical (unpaired) electrons. The minimum absolute atomic E-state index is 0.737. The summed E-state index contributed by atoms with van der Waals surface area (Å²) in [5, 5.41) is 0. The van der Waals surface area contributed by atoms with E-state index in [4.69, 9.17) is 5.73 Å². The van der Waals surface area contributed by atoms with Crippen LogP contribution in [0, 0.1) is 5.92 Å². The van der Waals surface area contributed by atoms with Gasteiger partial charge < -0.3 is 10.6 Å². The van der Waals surface area contributed by atoms with E-state index in [9.17, 15) is 0 Å². The number of likely N-dealkylation sites (N-methyl/N-ethyl adjacent to an activating group) is 1. The van der Waals surface area contributed by atoms with E-state index < -0.39 is 0 Å². The molecule has 0 aliphatic heterocycles. The van der Waals surface area contributed by atoms with Gasteiger partial charge in [0.1, 0.15) is 0 Å². The minimum Gasteiger partial charge on any atom is -0.399 e. The first kappa shape index (κ1) is 13.0. The van der Waals surface area contributed by atoms with Crippen molar-refractivity contribution in [1.82, 2.24) is 4.90 Å². The number of nitrogen functional groups attached to an aromatic ring is 1. The SMILES string of the molecule is CCN(CCc1cccc(N)c1)CC(C)C. The number of nitrogens with zero attached hydrogens (tertiary/aromatic N) is 1. The molecule has 2 N–H and O–H groups in total.